The Balaban J connectivity index is 1.87. The number of Topliss-reactive ketones (excluding diaryl/α,β-unsaturated/α-hetero) is 1. The van der Waals surface area contributed by atoms with E-state index in [1.807, 2.05) is 6.07 Å². The van der Waals surface area contributed by atoms with Gasteiger partial charge in [0.15, 0.2) is 23.9 Å². The number of aryl methyl sites for hydroxylation is 1. The van der Waals surface area contributed by atoms with Crippen LogP contribution in [0.25, 0.3) is 0 Å². The second-order valence-corrected chi connectivity index (χ2v) is 5.24. The SMILES string of the molecule is COc1cccc(CCC(=O)OCC(=O)c2ccc(F)cc2)c1OC. The van der Waals surface area contributed by atoms with Gasteiger partial charge < -0.3 is 14.2 Å². The Bertz CT molecular complexity index is 740. The number of rotatable bonds is 8. The highest BCUT2D eigenvalue weighted by Gasteiger charge is 2.13. The number of carbonyl (C=O) groups excluding carboxylic acids is 2. The zero-order valence-electron chi connectivity index (χ0n) is 14.1. The summed E-state index contributed by atoms with van der Waals surface area (Å²) in [5.41, 5.74) is 1.10. The standard InChI is InChI=1S/C19H19FO5/c1-23-17-5-3-4-14(19(17)24-2)8-11-18(22)25-12-16(21)13-6-9-15(20)10-7-13/h3-7,9-10H,8,11-12H2,1-2H3. The van der Waals surface area contributed by atoms with Crippen LogP contribution in [-0.2, 0) is 16.0 Å². The summed E-state index contributed by atoms with van der Waals surface area (Å²) >= 11 is 0. The molecule has 6 heteroatoms. The van der Waals surface area contributed by atoms with E-state index in [0.29, 0.717) is 23.5 Å². The minimum absolute atomic E-state index is 0.0974. The summed E-state index contributed by atoms with van der Waals surface area (Å²) in [6.07, 6.45) is 0.490. The molecule has 0 heterocycles. The normalized spacial score (nSPS) is 10.2. The number of carbonyl (C=O) groups is 2. The number of methoxy groups -OCH3 is 2. The first-order valence-electron chi connectivity index (χ1n) is 7.69. The Morgan fingerprint density at radius 1 is 1.00 bits per heavy atom. The lowest BCUT2D eigenvalue weighted by Gasteiger charge is -2.12. The van der Waals surface area contributed by atoms with E-state index >= 15 is 0 Å². The van der Waals surface area contributed by atoms with Crippen molar-refractivity contribution in [1.82, 2.24) is 0 Å². The molecule has 2 aromatic carbocycles. The maximum atomic E-state index is 12.8. The van der Waals surface area contributed by atoms with Crippen LogP contribution in [0.5, 0.6) is 11.5 Å². The Hall–Kier alpha value is -2.89. The van der Waals surface area contributed by atoms with Crippen molar-refractivity contribution in [2.45, 2.75) is 12.8 Å². The van der Waals surface area contributed by atoms with Crippen LogP contribution in [0.4, 0.5) is 4.39 Å². The fourth-order valence-electron chi connectivity index (χ4n) is 2.32. The number of hydrogen-bond acceptors (Lipinski definition) is 5. The van der Waals surface area contributed by atoms with E-state index in [-0.39, 0.29) is 18.8 Å². The van der Waals surface area contributed by atoms with Crippen LogP contribution in [-0.4, -0.2) is 32.6 Å². The second-order valence-electron chi connectivity index (χ2n) is 5.24. The van der Waals surface area contributed by atoms with E-state index in [1.165, 1.54) is 38.5 Å². The molecule has 0 fully saturated rings. The molecule has 0 spiro atoms. The van der Waals surface area contributed by atoms with Crippen LogP contribution >= 0.6 is 0 Å². The molecule has 0 saturated heterocycles. The third kappa shape index (κ3) is 5.04. The molecule has 0 aliphatic heterocycles. The van der Waals surface area contributed by atoms with Gasteiger partial charge in [-0.2, -0.15) is 0 Å². The van der Waals surface area contributed by atoms with E-state index in [9.17, 15) is 14.0 Å². The van der Waals surface area contributed by atoms with Crippen LogP contribution in [0.1, 0.15) is 22.3 Å². The molecule has 0 saturated carbocycles. The molecule has 0 amide bonds. The number of ether oxygens (including phenoxy) is 3. The number of benzene rings is 2. The molecule has 2 aromatic rings. The number of halogens is 1. The van der Waals surface area contributed by atoms with Crippen molar-refractivity contribution in [2.75, 3.05) is 20.8 Å². The molecule has 0 aliphatic carbocycles. The molecule has 0 aliphatic rings. The Morgan fingerprint density at radius 3 is 2.36 bits per heavy atom. The fraction of sp³-hybridized carbons (Fsp3) is 0.263. The highest BCUT2D eigenvalue weighted by atomic mass is 19.1. The molecule has 0 N–H and O–H groups in total. The molecule has 25 heavy (non-hydrogen) atoms. The minimum atomic E-state index is -0.500. The van der Waals surface area contributed by atoms with Gasteiger partial charge in [-0.25, -0.2) is 4.39 Å². The molecule has 132 valence electrons. The van der Waals surface area contributed by atoms with Gasteiger partial charge in [0.1, 0.15) is 5.82 Å². The van der Waals surface area contributed by atoms with Crippen molar-refractivity contribution in [2.24, 2.45) is 0 Å². The van der Waals surface area contributed by atoms with E-state index in [4.69, 9.17) is 14.2 Å². The quantitative estimate of drug-likeness (QED) is 0.543. The van der Waals surface area contributed by atoms with E-state index in [0.717, 1.165) is 5.56 Å². The number of para-hydroxylation sites is 1. The van der Waals surface area contributed by atoms with Gasteiger partial charge in [0.2, 0.25) is 0 Å². The Kier molecular flexibility index (Phi) is 6.51. The lowest BCUT2D eigenvalue weighted by Crippen LogP contribution is -2.14. The molecule has 0 bridgehead atoms. The second kappa shape index (κ2) is 8.82. The fourth-order valence-corrected chi connectivity index (χ4v) is 2.32. The summed E-state index contributed by atoms with van der Waals surface area (Å²) in [5.74, 6) is -0.159. The Morgan fingerprint density at radius 2 is 1.72 bits per heavy atom. The number of hydrogen-bond donors (Lipinski definition) is 0. The third-order valence-corrected chi connectivity index (χ3v) is 3.61. The van der Waals surface area contributed by atoms with E-state index in [1.54, 1.807) is 12.1 Å². The van der Waals surface area contributed by atoms with E-state index in [2.05, 4.69) is 0 Å². The number of ketones is 1. The molecule has 2 rings (SSSR count). The highest BCUT2D eigenvalue weighted by molar-refractivity contribution is 5.97. The lowest BCUT2D eigenvalue weighted by molar-refractivity contribution is -0.142. The molecule has 0 atom stereocenters. The van der Waals surface area contributed by atoms with Gasteiger partial charge in [-0.1, -0.05) is 12.1 Å². The smallest absolute Gasteiger partial charge is 0.306 e. The average Bonchev–Trinajstić information content (AvgIpc) is 2.64. The van der Waals surface area contributed by atoms with Gasteiger partial charge in [-0.15, -0.1) is 0 Å². The van der Waals surface area contributed by atoms with Gasteiger partial charge in [0, 0.05) is 12.0 Å². The van der Waals surface area contributed by atoms with Crippen LogP contribution in [0.2, 0.25) is 0 Å². The summed E-state index contributed by atoms with van der Waals surface area (Å²) in [4.78, 5) is 23.7. The summed E-state index contributed by atoms with van der Waals surface area (Å²) in [6.45, 7) is -0.375. The molecule has 0 unspecified atom stereocenters. The predicted octanol–water partition coefficient (Wildman–Crippen LogP) is 3.20. The van der Waals surface area contributed by atoms with Crippen LogP contribution in [0, 0.1) is 5.82 Å². The highest BCUT2D eigenvalue weighted by Crippen LogP contribution is 2.31. The molecule has 5 nitrogen and oxygen atoms in total. The van der Waals surface area contributed by atoms with Crippen LogP contribution < -0.4 is 9.47 Å². The topological polar surface area (TPSA) is 61.8 Å². The predicted molar refractivity (Wildman–Crippen MR) is 89.6 cm³/mol. The minimum Gasteiger partial charge on any atom is -0.493 e. The van der Waals surface area contributed by atoms with Gasteiger partial charge in [0.25, 0.3) is 0 Å². The summed E-state index contributed by atoms with van der Waals surface area (Å²) in [7, 11) is 3.07. The van der Waals surface area contributed by atoms with Gasteiger partial charge in [-0.05, 0) is 42.3 Å². The van der Waals surface area contributed by atoms with Crippen molar-refractivity contribution in [3.8, 4) is 11.5 Å². The maximum absolute atomic E-state index is 12.8. The summed E-state index contributed by atoms with van der Waals surface area (Å²) in [5, 5.41) is 0. The average molecular weight is 346 g/mol. The van der Waals surface area contributed by atoms with Gasteiger partial charge in [-0.3, -0.25) is 9.59 Å². The van der Waals surface area contributed by atoms with Crippen molar-refractivity contribution in [3.05, 3.63) is 59.4 Å². The molecular weight excluding hydrogens is 327 g/mol. The van der Waals surface area contributed by atoms with Crippen molar-refractivity contribution >= 4 is 11.8 Å². The monoisotopic (exact) mass is 346 g/mol. The first kappa shape index (κ1) is 18.4. The molecular formula is C19H19FO5. The zero-order valence-corrected chi connectivity index (χ0v) is 14.1. The van der Waals surface area contributed by atoms with Crippen LogP contribution in [0.3, 0.4) is 0 Å². The maximum Gasteiger partial charge on any atom is 0.306 e. The number of esters is 1. The third-order valence-electron chi connectivity index (χ3n) is 3.61. The Labute approximate surface area is 145 Å². The zero-order chi connectivity index (χ0) is 18.2. The lowest BCUT2D eigenvalue weighted by atomic mass is 10.1. The van der Waals surface area contributed by atoms with Crippen molar-refractivity contribution in [3.63, 3.8) is 0 Å². The van der Waals surface area contributed by atoms with Crippen molar-refractivity contribution < 1.29 is 28.2 Å². The van der Waals surface area contributed by atoms with Gasteiger partial charge in [0.05, 0.1) is 14.2 Å². The summed E-state index contributed by atoms with van der Waals surface area (Å²) < 4.78 is 28.3. The first-order valence-corrected chi connectivity index (χ1v) is 7.69. The largest absolute Gasteiger partial charge is 0.493 e. The van der Waals surface area contributed by atoms with Crippen molar-refractivity contribution in [1.29, 1.82) is 0 Å². The molecule has 0 aromatic heterocycles. The summed E-state index contributed by atoms with van der Waals surface area (Å²) in [6, 6.07) is 10.5. The molecule has 0 radical (unpaired) electrons. The van der Waals surface area contributed by atoms with Crippen LogP contribution in [0.15, 0.2) is 42.5 Å². The first-order chi connectivity index (χ1) is 12.0. The van der Waals surface area contributed by atoms with Gasteiger partial charge >= 0.3 is 5.97 Å². The van der Waals surface area contributed by atoms with E-state index < -0.39 is 11.8 Å².